The Kier molecular flexibility index (Phi) is 3.94. The number of halogens is 2. The molecule has 1 heterocycles. The Hall–Kier alpha value is -1.36. The number of imidazole rings is 1. The number of hydrogen-bond donors (Lipinski definition) is 1. The molecule has 0 atom stereocenters. The summed E-state index contributed by atoms with van der Waals surface area (Å²) in [5.74, 6) is 1.46. The summed E-state index contributed by atoms with van der Waals surface area (Å²) in [4.78, 5) is 4.41. The smallest absolute Gasteiger partial charge is 0.132 e. The first kappa shape index (κ1) is 14.1. The first-order valence-corrected chi connectivity index (χ1v) is 6.97. The Bertz CT molecular complexity index is 605. The third kappa shape index (κ3) is 2.81. The Labute approximate surface area is 120 Å². The van der Waals surface area contributed by atoms with E-state index in [1.807, 2.05) is 11.5 Å². The van der Waals surface area contributed by atoms with Gasteiger partial charge < -0.3 is 10.3 Å². The van der Waals surface area contributed by atoms with Crippen molar-refractivity contribution in [1.29, 1.82) is 0 Å². The van der Waals surface area contributed by atoms with Crippen LogP contribution in [0.4, 0.5) is 10.2 Å². The second kappa shape index (κ2) is 5.33. The minimum atomic E-state index is -0.316. The normalized spacial score (nSPS) is 11.3. The molecule has 0 fully saturated rings. The van der Waals surface area contributed by atoms with Gasteiger partial charge in [-0.25, -0.2) is 9.37 Å². The van der Waals surface area contributed by atoms with Crippen molar-refractivity contribution in [2.24, 2.45) is 5.92 Å². The molecule has 0 unspecified atom stereocenters. The van der Waals surface area contributed by atoms with Gasteiger partial charge in [-0.3, -0.25) is 0 Å². The van der Waals surface area contributed by atoms with Crippen molar-refractivity contribution in [3.63, 3.8) is 0 Å². The third-order valence-electron chi connectivity index (χ3n) is 2.93. The molecule has 102 valence electrons. The van der Waals surface area contributed by atoms with Crippen LogP contribution in [-0.4, -0.2) is 9.55 Å². The van der Waals surface area contributed by atoms with Gasteiger partial charge in [-0.15, -0.1) is 0 Å². The summed E-state index contributed by atoms with van der Waals surface area (Å²) in [5.41, 5.74) is 7.06. The quantitative estimate of drug-likeness (QED) is 0.926. The predicted octanol–water partition coefficient (Wildman–Crippen LogP) is 4.00. The lowest BCUT2D eigenvalue weighted by molar-refractivity contribution is 0.518. The number of anilines is 1. The molecule has 1 aromatic carbocycles. The van der Waals surface area contributed by atoms with Crippen LogP contribution in [0.5, 0.6) is 0 Å². The molecule has 0 saturated heterocycles. The average molecular weight is 326 g/mol. The number of aromatic nitrogens is 2. The molecular weight excluding hydrogens is 309 g/mol. The van der Waals surface area contributed by atoms with Crippen molar-refractivity contribution in [1.82, 2.24) is 9.55 Å². The first-order valence-electron chi connectivity index (χ1n) is 6.18. The van der Waals surface area contributed by atoms with Gasteiger partial charge in [0, 0.05) is 16.6 Å². The molecule has 0 aliphatic carbocycles. The van der Waals surface area contributed by atoms with Crippen LogP contribution >= 0.6 is 15.9 Å². The number of rotatable bonds is 3. The molecular formula is C14H17BrFN3. The Balaban J connectivity index is 2.54. The highest BCUT2D eigenvalue weighted by atomic mass is 79.9. The minimum Gasteiger partial charge on any atom is -0.383 e. The fraction of sp³-hybridized carbons (Fsp3) is 0.357. The highest BCUT2D eigenvalue weighted by molar-refractivity contribution is 9.10. The van der Waals surface area contributed by atoms with Gasteiger partial charge >= 0.3 is 0 Å². The van der Waals surface area contributed by atoms with E-state index in [2.05, 4.69) is 34.8 Å². The zero-order valence-electron chi connectivity index (χ0n) is 11.2. The molecule has 0 spiro atoms. The summed E-state index contributed by atoms with van der Waals surface area (Å²) >= 11 is 3.34. The fourth-order valence-electron chi connectivity index (χ4n) is 2.05. The van der Waals surface area contributed by atoms with Gasteiger partial charge in [0.1, 0.15) is 23.2 Å². The van der Waals surface area contributed by atoms with E-state index in [0.29, 0.717) is 23.0 Å². The standard InChI is InChI=1S/C14H17BrFN3/c1-8(2)7-19-9(3)18-13(14(19)17)11-6-10(15)4-5-12(11)16/h4-6,8H,7,17H2,1-3H3. The van der Waals surface area contributed by atoms with Gasteiger partial charge in [-0.2, -0.15) is 0 Å². The largest absolute Gasteiger partial charge is 0.383 e. The minimum absolute atomic E-state index is 0.316. The highest BCUT2D eigenvalue weighted by Crippen LogP contribution is 2.31. The molecule has 19 heavy (non-hydrogen) atoms. The molecule has 0 amide bonds. The van der Waals surface area contributed by atoms with Crippen molar-refractivity contribution in [2.75, 3.05) is 5.73 Å². The van der Waals surface area contributed by atoms with Crippen molar-refractivity contribution >= 4 is 21.7 Å². The van der Waals surface area contributed by atoms with Crippen molar-refractivity contribution in [3.05, 3.63) is 34.3 Å². The van der Waals surface area contributed by atoms with Crippen LogP contribution in [0, 0.1) is 18.7 Å². The van der Waals surface area contributed by atoms with E-state index in [-0.39, 0.29) is 5.82 Å². The number of benzene rings is 1. The lowest BCUT2D eigenvalue weighted by Gasteiger charge is -2.10. The highest BCUT2D eigenvalue weighted by Gasteiger charge is 2.17. The summed E-state index contributed by atoms with van der Waals surface area (Å²) in [6, 6.07) is 4.77. The molecule has 0 radical (unpaired) electrons. The predicted molar refractivity (Wildman–Crippen MR) is 79.3 cm³/mol. The summed E-state index contributed by atoms with van der Waals surface area (Å²) < 4.78 is 16.6. The average Bonchev–Trinajstić information content (AvgIpc) is 2.60. The second-order valence-corrected chi connectivity index (χ2v) is 5.94. The van der Waals surface area contributed by atoms with Crippen LogP contribution in [0.1, 0.15) is 19.7 Å². The van der Waals surface area contributed by atoms with E-state index >= 15 is 0 Å². The van der Waals surface area contributed by atoms with Crippen LogP contribution in [0.3, 0.4) is 0 Å². The molecule has 5 heteroatoms. The molecule has 0 aliphatic rings. The fourth-order valence-corrected chi connectivity index (χ4v) is 2.42. The SMILES string of the molecule is Cc1nc(-c2cc(Br)ccc2F)c(N)n1CC(C)C. The number of nitrogen functional groups attached to an aromatic ring is 1. The molecule has 0 aliphatic heterocycles. The van der Waals surface area contributed by atoms with Crippen molar-refractivity contribution in [2.45, 2.75) is 27.3 Å². The number of hydrogen-bond acceptors (Lipinski definition) is 2. The molecule has 2 N–H and O–H groups in total. The molecule has 0 saturated carbocycles. The van der Waals surface area contributed by atoms with Crippen LogP contribution < -0.4 is 5.73 Å². The maximum atomic E-state index is 13.9. The lowest BCUT2D eigenvalue weighted by Crippen LogP contribution is -2.09. The van der Waals surface area contributed by atoms with E-state index in [4.69, 9.17) is 5.73 Å². The lowest BCUT2D eigenvalue weighted by atomic mass is 10.1. The summed E-state index contributed by atoms with van der Waals surface area (Å²) in [5, 5.41) is 0. The summed E-state index contributed by atoms with van der Waals surface area (Å²) in [7, 11) is 0. The van der Waals surface area contributed by atoms with Gasteiger partial charge in [-0.05, 0) is 31.0 Å². The van der Waals surface area contributed by atoms with Crippen LogP contribution in [0.15, 0.2) is 22.7 Å². The molecule has 2 rings (SSSR count). The van der Waals surface area contributed by atoms with Gasteiger partial charge in [0.2, 0.25) is 0 Å². The summed E-state index contributed by atoms with van der Waals surface area (Å²) in [6.45, 7) is 6.88. The second-order valence-electron chi connectivity index (χ2n) is 5.02. The first-order chi connectivity index (χ1) is 8.90. The monoisotopic (exact) mass is 325 g/mol. The van der Waals surface area contributed by atoms with Crippen molar-refractivity contribution < 1.29 is 4.39 Å². The van der Waals surface area contributed by atoms with Crippen LogP contribution in [-0.2, 0) is 6.54 Å². The maximum absolute atomic E-state index is 13.9. The number of aryl methyl sites for hydroxylation is 1. The Morgan fingerprint density at radius 1 is 1.42 bits per heavy atom. The summed E-state index contributed by atoms with van der Waals surface area (Å²) in [6.07, 6.45) is 0. The zero-order valence-corrected chi connectivity index (χ0v) is 12.8. The number of nitrogens with two attached hydrogens (primary N) is 1. The molecule has 3 nitrogen and oxygen atoms in total. The zero-order chi connectivity index (χ0) is 14.2. The Morgan fingerprint density at radius 3 is 2.74 bits per heavy atom. The topological polar surface area (TPSA) is 43.8 Å². The van der Waals surface area contributed by atoms with E-state index in [9.17, 15) is 4.39 Å². The third-order valence-corrected chi connectivity index (χ3v) is 3.42. The maximum Gasteiger partial charge on any atom is 0.132 e. The van der Waals surface area contributed by atoms with E-state index < -0.39 is 0 Å². The van der Waals surface area contributed by atoms with Gasteiger partial charge in [0.15, 0.2) is 0 Å². The van der Waals surface area contributed by atoms with Gasteiger partial charge in [0.25, 0.3) is 0 Å². The molecule has 0 bridgehead atoms. The van der Waals surface area contributed by atoms with E-state index in [1.54, 1.807) is 12.1 Å². The van der Waals surface area contributed by atoms with Crippen LogP contribution in [0.25, 0.3) is 11.3 Å². The Morgan fingerprint density at radius 2 is 2.11 bits per heavy atom. The number of nitrogens with zero attached hydrogens (tertiary/aromatic N) is 2. The van der Waals surface area contributed by atoms with Crippen LogP contribution in [0.2, 0.25) is 0 Å². The molecule has 1 aromatic heterocycles. The van der Waals surface area contributed by atoms with Gasteiger partial charge in [0.05, 0.1) is 0 Å². The van der Waals surface area contributed by atoms with E-state index in [1.165, 1.54) is 6.07 Å². The van der Waals surface area contributed by atoms with Gasteiger partial charge in [-0.1, -0.05) is 29.8 Å². The van der Waals surface area contributed by atoms with Crippen molar-refractivity contribution in [3.8, 4) is 11.3 Å². The van der Waals surface area contributed by atoms with E-state index in [0.717, 1.165) is 16.8 Å². The molecule has 2 aromatic rings.